The first-order valence-corrected chi connectivity index (χ1v) is 12.4. The number of hydrogen-bond acceptors (Lipinski definition) is 3. The van der Waals surface area contributed by atoms with E-state index in [-0.39, 0.29) is 11.8 Å². The number of aromatic nitrogens is 2. The largest absolute Gasteiger partial charge is 0.336 e. The minimum Gasteiger partial charge on any atom is -0.336 e. The molecule has 2 aliphatic heterocycles. The number of amides is 2. The zero-order valence-electron chi connectivity index (χ0n) is 20.0. The lowest BCUT2D eigenvalue weighted by atomic mass is 9.97. The number of fused-ring (bicyclic) bond motifs is 1. The molecule has 2 aliphatic rings. The second-order valence-corrected chi connectivity index (χ2v) is 9.36. The number of nitrogens with one attached hydrogen (secondary N) is 1. The molecule has 1 fully saturated rings. The molecule has 4 heterocycles. The Morgan fingerprint density at radius 2 is 1.78 bits per heavy atom. The monoisotopic (exact) mass is 481 g/mol. The number of carbonyl (C=O) groups is 1. The summed E-state index contributed by atoms with van der Waals surface area (Å²) in [6.07, 6.45) is 9.07. The van der Waals surface area contributed by atoms with Crippen molar-refractivity contribution < 1.29 is 9.18 Å². The van der Waals surface area contributed by atoms with Crippen molar-refractivity contribution in [3.63, 3.8) is 0 Å². The molecule has 0 unspecified atom stereocenters. The van der Waals surface area contributed by atoms with Gasteiger partial charge in [-0.05, 0) is 71.7 Å². The molecule has 0 bridgehead atoms. The molecule has 1 N–H and O–H groups in total. The van der Waals surface area contributed by atoms with Gasteiger partial charge in [0, 0.05) is 74.5 Å². The molecule has 0 saturated carbocycles. The van der Waals surface area contributed by atoms with Gasteiger partial charge in [0.2, 0.25) is 0 Å². The normalized spacial score (nSPS) is 16.4. The SMILES string of the molecule is O=C1NCCN1CCN1CC=C(c2cn(-c3ccc(F)cc3)c3ccc(-c4ccncc4)cc23)CC1. The van der Waals surface area contributed by atoms with Crippen LogP contribution in [0.1, 0.15) is 12.0 Å². The number of halogens is 1. The summed E-state index contributed by atoms with van der Waals surface area (Å²) in [6.45, 7) is 4.97. The van der Waals surface area contributed by atoms with Gasteiger partial charge in [-0.25, -0.2) is 9.18 Å². The molecule has 2 aromatic heterocycles. The quantitative estimate of drug-likeness (QED) is 0.424. The van der Waals surface area contributed by atoms with E-state index in [4.69, 9.17) is 0 Å². The highest BCUT2D eigenvalue weighted by Crippen LogP contribution is 2.35. The summed E-state index contributed by atoms with van der Waals surface area (Å²) in [5.41, 5.74) is 6.84. The molecule has 2 aromatic carbocycles. The van der Waals surface area contributed by atoms with E-state index in [2.05, 4.69) is 50.2 Å². The number of hydrogen-bond donors (Lipinski definition) is 1. The van der Waals surface area contributed by atoms with Gasteiger partial charge in [-0.1, -0.05) is 12.1 Å². The Morgan fingerprint density at radius 1 is 0.944 bits per heavy atom. The molecule has 4 aromatic rings. The van der Waals surface area contributed by atoms with E-state index in [1.807, 2.05) is 41.6 Å². The molecule has 0 radical (unpaired) electrons. The van der Waals surface area contributed by atoms with Gasteiger partial charge >= 0.3 is 6.03 Å². The summed E-state index contributed by atoms with van der Waals surface area (Å²) in [7, 11) is 0. The third kappa shape index (κ3) is 4.38. The van der Waals surface area contributed by atoms with Gasteiger partial charge in [0.05, 0.1) is 5.52 Å². The minimum absolute atomic E-state index is 0.0434. The van der Waals surface area contributed by atoms with Crippen molar-refractivity contribution in [3.05, 3.63) is 90.6 Å². The predicted octanol–water partition coefficient (Wildman–Crippen LogP) is 4.95. The average Bonchev–Trinajstić information content (AvgIpc) is 3.51. The Hall–Kier alpha value is -3.97. The maximum Gasteiger partial charge on any atom is 0.317 e. The fraction of sp³-hybridized carbons (Fsp3) is 0.241. The highest BCUT2D eigenvalue weighted by Gasteiger charge is 2.22. The first-order valence-electron chi connectivity index (χ1n) is 12.4. The number of urea groups is 1. The summed E-state index contributed by atoms with van der Waals surface area (Å²) >= 11 is 0. The van der Waals surface area contributed by atoms with E-state index in [0.29, 0.717) is 0 Å². The Balaban J connectivity index is 1.33. The molecular formula is C29H28FN5O. The number of benzene rings is 2. The lowest BCUT2D eigenvalue weighted by Crippen LogP contribution is -2.38. The fourth-order valence-electron chi connectivity index (χ4n) is 5.17. The molecule has 36 heavy (non-hydrogen) atoms. The molecule has 0 atom stereocenters. The minimum atomic E-state index is -0.239. The van der Waals surface area contributed by atoms with Crippen LogP contribution in [0, 0.1) is 5.82 Å². The first-order chi connectivity index (χ1) is 17.7. The maximum atomic E-state index is 13.6. The highest BCUT2D eigenvalue weighted by molar-refractivity contribution is 5.97. The van der Waals surface area contributed by atoms with E-state index in [1.165, 1.54) is 28.7 Å². The highest BCUT2D eigenvalue weighted by atomic mass is 19.1. The Bertz CT molecular complexity index is 1430. The van der Waals surface area contributed by atoms with Crippen LogP contribution in [0.25, 0.3) is 33.3 Å². The number of rotatable bonds is 6. The number of carbonyl (C=O) groups excluding carboxylic acids is 1. The lowest BCUT2D eigenvalue weighted by molar-refractivity contribution is 0.205. The summed E-state index contributed by atoms with van der Waals surface area (Å²) in [6, 6.07) is 17.3. The Labute approximate surface area is 209 Å². The van der Waals surface area contributed by atoms with Crippen molar-refractivity contribution in [2.75, 3.05) is 39.3 Å². The van der Waals surface area contributed by atoms with Crippen LogP contribution < -0.4 is 5.32 Å². The van der Waals surface area contributed by atoms with Crippen LogP contribution in [0.5, 0.6) is 0 Å². The molecule has 6 rings (SSSR count). The summed E-state index contributed by atoms with van der Waals surface area (Å²) in [5, 5.41) is 4.05. The van der Waals surface area contributed by atoms with Gasteiger partial charge < -0.3 is 14.8 Å². The van der Waals surface area contributed by atoms with Crippen LogP contribution in [0.15, 0.2) is 79.3 Å². The summed E-state index contributed by atoms with van der Waals surface area (Å²) in [5.74, 6) is -0.239. The van der Waals surface area contributed by atoms with Gasteiger partial charge in [-0.15, -0.1) is 0 Å². The predicted molar refractivity (Wildman–Crippen MR) is 140 cm³/mol. The van der Waals surface area contributed by atoms with E-state index in [9.17, 15) is 9.18 Å². The lowest BCUT2D eigenvalue weighted by Gasteiger charge is -2.28. The second kappa shape index (κ2) is 9.59. The molecule has 182 valence electrons. The van der Waals surface area contributed by atoms with Crippen molar-refractivity contribution in [1.29, 1.82) is 0 Å². The molecule has 6 nitrogen and oxygen atoms in total. The maximum absolute atomic E-state index is 13.6. The number of pyridine rings is 1. The molecule has 2 amide bonds. The van der Waals surface area contributed by atoms with Gasteiger partial charge in [-0.3, -0.25) is 9.88 Å². The summed E-state index contributed by atoms with van der Waals surface area (Å²) in [4.78, 5) is 20.3. The third-order valence-corrected chi connectivity index (χ3v) is 7.19. The molecule has 1 saturated heterocycles. The molecule has 7 heteroatoms. The zero-order chi connectivity index (χ0) is 24.5. The van der Waals surface area contributed by atoms with E-state index in [1.54, 1.807) is 0 Å². The number of nitrogens with zero attached hydrogens (tertiary/aromatic N) is 4. The van der Waals surface area contributed by atoms with E-state index >= 15 is 0 Å². The van der Waals surface area contributed by atoms with Crippen molar-refractivity contribution in [3.8, 4) is 16.8 Å². The van der Waals surface area contributed by atoms with Gasteiger partial charge in [-0.2, -0.15) is 0 Å². The first kappa shape index (κ1) is 22.5. The second-order valence-electron chi connectivity index (χ2n) is 9.36. The summed E-state index contributed by atoms with van der Waals surface area (Å²) < 4.78 is 15.8. The van der Waals surface area contributed by atoms with Crippen LogP contribution in [0.2, 0.25) is 0 Å². The van der Waals surface area contributed by atoms with Crippen LogP contribution in [0.3, 0.4) is 0 Å². The zero-order valence-corrected chi connectivity index (χ0v) is 20.0. The van der Waals surface area contributed by atoms with Crippen LogP contribution in [-0.2, 0) is 0 Å². The standard InChI is InChI=1S/C29H28FN5O/c30-24-2-4-25(5-3-24)35-20-27(26-19-23(1-6-28(26)35)21-7-11-31-12-8-21)22-9-14-33(15-10-22)17-18-34-16-13-32-29(34)36/h1-9,11-12,19-20H,10,13-18H2,(H,32,36). The molecular weight excluding hydrogens is 453 g/mol. The van der Waals surface area contributed by atoms with Crippen LogP contribution >= 0.6 is 0 Å². The Kier molecular flexibility index (Phi) is 5.99. The van der Waals surface area contributed by atoms with Crippen LogP contribution in [-0.4, -0.2) is 64.7 Å². The van der Waals surface area contributed by atoms with E-state index < -0.39 is 0 Å². The van der Waals surface area contributed by atoms with Crippen molar-refractivity contribution >= 4 is 22.5 Å². The smallest absolute Gasteiger partial charge is 0.317 e. The topological polar surface area (TPSA) is 53.4 Å². The van der Waals surface area contributed by atoms with E-state index in [0.717, 1.165) is 68.0 Å². The van der Waals surface area contributed by atoms with Crippen molar-refractivity contribution in [2.24, 2.45) is 0 Å². The van der Waals surface area contributed by atoms with Crippen molar-refractivity contribution in [1.82, 2.24) is 24.7 Å². The molecule has 0 aliphatic carbocycles. The van der Waals surface area contributed by atoms with Crippen molar-refractivity contribution in [2.45, 2.75) is 6.42 Å². The van der Waals surface area contributed by atoms with Gasteiger partial charge in [0.25, 0.3) is 0 Å². The fourth-order valence-corrected chi connectivity index (χ4v) is 5.17. The van der Waals surface area contributed by atoms with Gasteiger partial charge in [0.1, 0.15) is 5.82 Å². The van der Waals surface area contributed by atoms with Gasteiger partial charge in [0.15, 0.2) is 0 Å². The van der Waals surface area contributed by atoms with Crippen LogP contribution in [0.4, 0.5) is 9.18 Å². The Morgan fingerprint density at radius 3 is 2.50 bits per heavy atom. The average molecular weight is 482 g/mol. The third-order valence-electron chi connectivity index (χ3n) is 7.19. The molecule has 0 spiro atoms.